The fourth-order valence-electron chi connectivity index (χ4n) is 2.15. The van der Waals surface area contributed by atoms with E-state index >= 15 is 0 Å². The van der Waals surface area contributed by atoms with E-state index in [1.807, 2.05) is 18.2 Å². The number of benzene rings is 1. The van der Waals surface area contributed by atoms with Crippen molar-refractivity contribution in [3.63, 3.8) is 0 Å². The van der Waals surface area contributed by atoms with Crippen molar-refractivity contribution >= 4 is 27.8 Å². The van der Waals surface area contributed by atoms with Crippen LogP contribution in [0.25, 0.3) is 0 Å². The lowest BCUT2D eigenvalue weighted by Gasteiger charge is -2.12. The predicted molar refractivity (Wildman–Crippen MR) is 111 cm³/mol. The Morgan fingerprint density at radius 2 is 1.85 bits per heavy atom. The highest BCUT2D eigenvalue weighted by molar-refractivity contribution is 9.10. The zero-order valence-corrected chi connectivity index (χ0v) is 17.6. The Labute approximate surface area is 165 Å². The molecule has 0 saturated carbocycles. The first-order chi connectivity index (χ1) is 12.5. The van der Waals surface area contributed by atoms with E-state index in [9.17, 15) is 4.79 Å². The number of aliphatic imine (C=N–C) groups is 1. The van der Waals surface area contributed by atoms with Gasteiger partial charge in [-0.1, -0.05) is 35.8 Å². The molecular weight excluding hydrogens is 396 g/mol. The van der Waals surface area contributed by atoms with E-state index in [0.29, 0.717) is 18.0 Å². The van der Waals surface area contributed by atoms with Crippen LogP contribution in [-0.4, -0.2) is 51.8 Å². The lowest BCUT2D eigenvalue weighted by molar-refractivity contribution is 0.0953. The minimum Gasteiger partial charge on any atom is -0.381 e. The van der Waals surface area contributed by atoms with Crippen LogP contribution in [-0.2, 0) is 4.74 Å². The third-order valence-corrected chi connectivity index (χ3v) is 3.94. The molecule has 0 aliphatic heterocycles. The minimum absolute atomic E-state index is 0.0600. The number of rotatable bonds is 11. The number of halogens is 1. The first kappa shape index (κ1) is 22.4. The predicted octanol–water partition coefficient (Wildman–Crippen LogP) is 2.80. The van der Waals surface area contributed by atoms with Gasteiger partial charge in [0.2, 0.25) is 0 Å². The van der Waals surface area contributed by atoms with Gasteiger partial charge in [-0.05, 0) is 37.0 Å². The molecule has 0 heterocycles. The summed E-state index contributed by atoms with van der Waals surface area (Å²) in [4.78, 5) is 16.2. The highest BCUT2D eigenvalue weighted by Crippen LogP contribution is 2.11. The van der Waals surface area contributed by atoms with Gasteiger partial charge in [-0.3, -0.25) is 9.79 Å². The Hall–Kier alpha value is -1.60. The highest BCUT2D eigenvalue weighted by atomic mass is 79.9. The van der Waals surface area contributed by atoms with Crippen molar-refractivity contribution < 1.29 is 9.53 Å². The molecule has 0 radical (unpaired) electrons. The van der Waals surface area contributed by atoms with Crippen LogP contribution in [0, 0.1) is 5.92 Å². The molecule has 1 aromatic rings. The molecule has 3 N–H and O–H groups in total. The average Bonchev–Trinajstić information content (AvgIpc) is 2.62. The van der Waals surface area contributed by atoms with E-state index in [2.05, 4.69) is 50.7 Å². The van der Waals surface area contributed by atoms with E-state index in [1.165, 1.54) is 0 Å². The monoisotopic (exact) mass is 426 g/mol. The highest BCUT2D eigenvalue weighted by Gasteiger charge is 2.04. The van der Waals surface area contributed by atoms with Gasteiger partial charge in [0, 0.05) is 49.9 Å². The van der Waals surface area contributed by atoms with Crippen LogP contribution in [0.2, 0.25) is 0 Å². The number of nitrogens with zero attached hydrogens (tertiary/aromatic N) is 1. The molecule has 7 heteroatoms. The quantitative estimate of drug-likeness (QED) is 0.289. The molecular formula is C19H31BrN4O2. The topological polar surface area (TPSA) is 74.8 Å². The van der Waals surface area contributed by atoms with E-state index in [1.54, 1.807) is 13.1 Å². The van der Waals surface area contributed by atoms with Crippen molar-refractivity contribution in [2.45, 2.75) is 26.7 Å². The summed E-state index contributed by atoms with van der Waals surface area (Å²) in [5, 5.41) is 9.41. The molecule has 26 heavy (non-hydrogen) atoms. The summed E-state index contributed by atoms with van der Waals surface area (Å²) in [6, 6.07) is 7.36. The molecule has 0 bridgehead atoms. The molecule has 0 aliphatic rings. The normalized spacial score (nSPS) is 11.5. The van der Waals surface area contributed by atoms with Crippen LogP contribution < -0.4 is 16.0 Å². The Bertz CT molecular complexity index is 564. The van der Waals surface area contributed by atoms with Crippen LogP contribution in [0.15, 0.2) is 33.7 Å². The fraction of sp³-hybridized carbons (Fsp3) is 0.579. The van der Waals surface area contributed by atoms with Crippen molar-refractivity contribution in [1.29, 1.82) is 0 Å². The van der Waals surface area contributed by atoms with Crippen LogP contribution in [0.5, 0.6) is 0 Å². The number of amides is 1. The van der Waals surface area contributed by atoms with Crippen molar-refractivity contribution in [1.82, 2.24) is 16.0 Å². The smallest absolute Gasteiger partial charge is 0.251 e. The van der Waals surface area contributed by atoms with E-state index in [4.69, 9.17) is 4.74 Å². The van der Waals surface area contributed by atoms with Gasteiger partial charge < -0.3 is 20.7 Å². The Balaban J connectivity index is 2.09. The van der Waals surface area contributed by atoms with Gasteiger partial charge in [-0.2, -0.15) is 0 Å². The van der Waals surface area contributed by atoms with E-state index in [0.717, 1.165) is 49.6 Å². The summed E-state index contributed by atoms with van der Waals surface area (Å²) in [7, 11) is 1.75. The van der Waals surface area contributed by atoms with Crippen molar-refractivity contribution in [3.8, 4) is 0 Å². The zero-order chi connectivity index (χ0) is 19.2. The Morgan fingerprint density at radius 1 is 1.15 bits per heavy atom. The third kappa shape index (κ3) is 10.4. The lowest BCUT2D eigenvalue weighted by atomic mass is 10.2. The third-order valence-electron chi connectivity index (χ3n) is 3.45. The molecule has 6 nitrogen and oxygen atoms in total. The van der Waals surface area contributed by atoms with E-state index < -0.39 is 0 Å². The number of nitrogens with one attached hydrogen (secondary N) is 3. The van der Waals surface area contributed by atoms with Gasteiger partial charge >= 0.3 is 0 Å². The summed E-state index contributed by atoms with van der Waals surface area (Å²) < 4.78 is 6.45. The molecule has 0 spiro atoms. The first-order valence-electron chi connectivity index (χ1n) is 9.09. The Morgan fingerprint density at radius 3 is 2.50 bits per heavy atom. The second-order valence-corrected chi connectivity index (χ2v) is 7.28. The maximum Gasteiger partial charge on any atom is 0.251 e. The molecule has 0 saturated heterocycles. The minimum atomic E-state index is -0.0600. The number of carbonyl (C=O) groups is 1. The van der Waals surface area contributed by atoms with Gasteiger partial charge in [0.1, 0.15) is 0 Å². The number of ether oxygens (including phenoxy) is 1. The summed E-state index contributed by atoms with van der Waals surface area (Å²) in [6.07, 6.45) is 1.76. The van der Waals surface area contributed by atoms with Crippen LogP contribution in [0.3, 0.4) is 0 Å². The van der Waals surface area contributed by atoms with Crippen molar-refractivity contribution in [2.75, 3.05) is 39.9 Å². The average molecular weight is 427 g/mol. The summed E-state index contributed by atoms with van der Waals surface area (Å²) in [5.74, 6) is 1.28. The summed E-state index contributed by atoms with van der Waals surface area (Å²) in [5.41, 5.74) is 0.657. The number of hydrogen-bond donors (Lipinski definition) is 3. The van der Waals surface area contributed by atoms with Crippen LogP contribution >= 0.6 is 15.9 Å². The fourth-order valence-corrected chi connectivity index (χ4v) is 2.55. The second-order valence-electron chi connectivity index (χ2n) is 6.37. The largest absolute Gasteiger partial charge is 0.381 e. The van der Waals surface area contributed by atoms with Gasteiger partial charge in [-0.15, -0.1) is 0 Å². The molecule has 0 aliphatic carbocycles. The van der Waals surface area contributed by atoms with Crippen LogP contribution in [0.4, 0.5) is 0 Å². The zero-order valence-electron chi connectivity index (χ0n) is 16.0. The maximum absolute atomic E-state index is 12.0. The molecule has 0 unspecified atom stereocenters. The maximum atomic E-state index is 12.0. The van der Waals surface area contributed by atoms with E-state index in [-0.39, 0.29) is 5.91 Å². The van der Waals surface area contributed by atoms with Gasteiger partial charge in [0.05, 0.1) is 0 Å². The van der Waals surface area contributed by atoms with Crippen molar-refractivity contribution in [3.05, 3.63) is 34.3 Å². The first-order valence-corrected chi connectivity index (χ1v) is 9.88. The molecule has 146 valence electrons. The number of hydrogen-bond acceptors (Lipinski definition) is 3. The number of carbonyl (C=O) groups excluding carboxylic acids is 1. The van der Waals surface area contributed by atoms with Crippen molar-refractivity contribution in [2.24, 2.45) is 10.9 Å². The van der Waals surface area contributed by atoms with Gasteiger partial charge in [-0.25, -0.2) is 0 Å². The second kappa shape index (κ2) is 13.6. The Kier molecular flexibility index (Phi) is 11.7. The van der Waals surface area contributed by atoms with Gasteiger partial charge in [0.15, 0.2) is 5.96 Å². The molecule has 0 aromatic heterocycles. The lowest BCUT2D eigenvalue weighted by Crippen LogP contribution is -2.39. The molecule has 1 amide bonds. The number of guanidine groups is 1. The summed E-state index contributed by atoms with van der Waals surface area (Å²) >= 11 is 3.37. The van der Waals surface area contributed by atoms with Gasteiger partial charge in [0.25, 0.3) is 5.91 Å². The standard InChI is InChI=1S/C19H31BrN4O2/c1-15(2)14-26-12-6-11-24-19(21-3)23-10-5-9-22-18(25)16-7-4-8-17(20)13-16/h4,7-8,13,15H,5-6,9-12,14H2,1-3H3,(H,22,25)(H2,21,23,24). The van der Waals surface area contributed by atoms with Crippen LogP contribution in [0.1, 0.15) is 37.0 Å². The summed E-state index contributed by atoms with van der Waals surface area (Å²) in [6.45, 7) is 8.01. The molecule has 0 fully saturated rings. The SMILES string of the molecule is CN=C(NCCCNC(=O)c1cccc(Br)c1)NCCCOCC(C)C. The molecule has 1 rings (SSSR count). The molecule has 0 atom stereocenters. The molecule has 1 aromatic carbocycles.